The Morgan fingerprint density at radius 1 is 1.10 bits per heavy atom. The average Bonchev–Trinajstić information content (AvgIpc) is 3.20. The van der Waals surface area contributed by atoms with Crippen LogP contribution in [-0.4, -0.2) is 60.0 Å². The lowest BCUT2D eigenvalue weighted by Gasteiger charge is -2.26. The lowest BCUT2D eigenvalue weighted by molar-refractivity contribution is 0.0383. The van der Waals surface area contributed by atoms with Gasteiger partial charge in [0.05, 0.1) is 24.6 Å². The zero-order valence-corrected chi connectivity index (χ0v) is 18.1. The molecule has 1 fully saturated rings. The number of aryl methyl sites for hydroxylation is 1. The summed E-state index contributed by atoms with van der Waals surface area (Å²) < 4.78 is 7.29. The van der Waals surface area contributed by atoms with E-state index in [0.717, 1.165) is 73.2 Å². The minimum atomic E-state index is -0.114. The SMILES string of the molecule is O=C(NCCN1CCOCC1)c1nn(-c2ccccc2)c2c1CCc1cc(Cl)ccc1-2. The first-order valence-corrected chi connectivity index (χ1v) is 11.1. The first-order valence-electron chi connectivity index (χ1n) is 10.7. The van der Waals surface area contributed by atoms with Crippen LogP contribution < -0.4 is 5.32 Å². The van der Waals surface area contributed by atoms with Gasteiger partial charge < -0.3 is 10.1 Å². The first-order chi connectivity index (χ1) is 15.2. The smallest absolute Gasteiger partial charge is 0.272 e. The number of halogens is 1. The summed E-state index contributed by atoms with van der Waals surface area (Å²) in [5.74, 6) is -0.114. The maximum atomic E-state index is 13.1. The molecule has 160 valence electrons. The van der Waals surface area contributed by atoms with Crippen LogP contribution in [0.5, 0.6) is 0 Å². The molecular weight excluding hydrogens is 412 g/mol. The number of benzene rings is 2. The van der Waals surface area contributed by atoms with Crippen LogP contribution in [0.15, 0.2) is 48.5 Å². The Morgan fingerprint density at radius 2 is 1.90 bits per heavy atom. The van der Waals surface area contributed by atoms with Crippen molar-refractivity contribution in [2.45, 2.75) is 12.8 Å². The molecule has 1 N–H and O–H groups in total. The average molecular weight is 437 g/mol. The standard InChI is InChI=1S/C24H25ClN4O2/c25-18-7-9-20-17(16-18)6-8-21-22(24(30)26-10-11-28-12-14-31-15-13-28)27-29(23(20)21)19-4-2-1-3-5-19/h1-5,7,9,16H,6,8,10-15H2,(H,26,30). The van der Waals surface area contributed by atoms with Crippen LogP contribution in [0.25, 0.3) is 16.9 Å². The number of ether oxygens (including phenoxy) is 1. The van der Waals surface area contributed by atoms with E-state index in [1.54, 1.807) is 0 Å². The summed E-state index contributed by atoms with van der Waals surface area (Å²) in [5.41, 5.74) is 5.73. The fourth-order valence-electron chi connectivity index (χ4n) is 4.40. The first kappa shape index (κ1) is 20.2. The number of hydrogen-bond acceptors (Lipinski definition) is 4. The van der Waals surface area contributed by atoms with Gasteiger partial charge in [-0.15, -0.1) is 0 Å². The number of carbonyl (C=O) groups is 1. The Labute approximate surface area is 186 Å². The highest BCUT2D eigenvalue weighted by atomic mass is 35.5. The Hall–Kier alpha value is -2.67. The summed E-state index contributed by atoms with van der Waals surface area (Å²) in [7, 11) is 0. The third-order valence-corrected chi connectivity index (χ3v) is 6.22. The fraction of sp³-hybridized carbons (Fsp3) is 0.333. The Morgan fingerprint density at radius 3 is 2.71 bits per heavy atom. The minimum Gasteiger partial charge on any atom is -0.379 e. The highest BCUT2D eigenvalue weighted by Crippen LogP contribution is 2.38. The molecule has 0 unspecified atom stereocenters. The molecule has 0 atom stereocenters. The predicted octanol–water partition coefficient (Wildman–Crippen LogP) is 3.35. The molecule has 1 amide bonds. The third-order valence-electron chi connectivity index (χ3n) is 5.98. The van der Waals surface area contributed by atoms with E-state index >= 15 is 0 Å². The highest BCUT2D eigenvalue weighted by molar-refractivity contribution is 6.30. The molecule has 2 heterocycles. The Bertz CT molecular complexity index is 1090. The van der Waals surface area contributed by atoms with E-state index in [1.165, 1.54) is 5.56 Å². The number of morpholine rings is 1. The van der Waals surface area contributed by atoms with Crippen molar-refractivity contribution in [3.8, 4) is 16.9 Å². The molecule has 1 aliphatic heterocycles. The van der Waals surface area contributed by atoms with Crippen LogP contribution in [0.4, 0.5) is 0 Å². The van der Waals surface area contributed by atoms with Gasteiger partial charge >= 0.3 is 0 Å². The number of hydrogen-bond donors (Lipinski definition) is 1. The van der Waals surface area contributed by atoms with E-state index < -0.39 is 0 Å². The molecule has 2 aliphatic rings. The van der Waals surface area contributed by atoms with Crippen molar-refractivity contribution >= 4 is 17.5 Å². The van der Waals surface area contributed by atoms with E-state index in [9.17, 15) is 4.79 Å². The number of aromatic nitrogens is 2. The highest BCUT2D eigenvalue weighted by Gasteiger charge is 2.29. The number of nitrogens with zero attached hydrogens (tertiary/aromatic N) is 3. The largest absolute Gasteiger partial charge is 0.379 e. The normalized spacial score (nSPS) is 15.9. The molecule has 0 saturated carbocycles. The predicted molar refractivity (Wildman–Crippen MR) is 121 cm³/mol. The third kappa shape index (κ3) is 4.11. The zero-order valence-electron chi connectivity index (χ0n) is 17.3. The quantitative estimate of drug-likeness (QED) is 0.666. The molecule has 0 spiro atoms. The summed E-state index contributed by atoms with van der Waals surface area (Å²) in [6.45, 7) is 4.75. The molecule has 1 saturated heterocycles. The van der Waals surface area contributed by atoms with Gasteiger partial charge in [-0.2, -0.15) is 5.10 Å². The van der Waals surface area contributed by atoms with Gasteiger partial charge in [-0.3, -0.25) is 9.69 Å². The van der Waals surface area contributed by atoms with Crippen LogP contribution in [0.2, 0.25) is 5.02 Å². The molecule has 6 nitrogen and oxygen atoms in total. The van der Waals surface area contributed by atoms with E-state index in [-0.39, 0.29) is 5.91 Å². The van der Waals surface area contributed by atoms with E-state index in [1.807, 2.05) is 53.2 Å². The lowest BCUT2D eigenvalue weighted by Crippen LogP contribution is -2.41. The molecule has 3 aromatic rings. The molecule has 0 radical (unpaired) electrons. The van der Waals surface area contributed by atoms with Crippen molar-refractivity contribution in [1.82, 2.24) is 20.0 Å². The van der Waals surface area contributed by atoms with Crippen molar-refractivity contribution in [3.05, 3.63) is 70.4 Å². The summed E-state index contributed by atoms with van der Waals surface area (Å²) in [5, 5.41) is 8.59. The number of fused-ring (bicyclic) bond motifs is 3. The Balaban J connectivity index is 1.46. The van der Waals surface area contributed by atoms with Crippen LogP contribution in [0, 0.1) is 0 Å². The second-order valence-electron chi connectivity index (χ2n) is 7.93. The second-order valence-corrected chi connectivity index (χ2v) is 8.37. The molecule has 5 rings (SSSR count). The van der Waals surface area contributed by atoms with Gasteiger partial charge in [0.2, 0.25) is 0 Å². The van der Waals surface area contributed by atoms with Gasteiger partial charge in [0.1, 0.15) is 0 Å². The van der Waals surface area contributed by atoms with Gasteiger partial charge in [0.25, 0.3) is 5.91 Å². The number of carbonyl (C=O) groups excluding carboxylic acids is 1. The van der Waals surface area contributed by atoms with Crippen LogP contribution >= 0.6 is 11.6 Å². The van der Waals surface area contributed by atoms with Crippen molar-refractivity contribution < 1.29 is 9.53 Å². The van der Waals surface area contributed by atoms with Gasteiger partial charge in [0, 0.05) is 42.3 Å². The van der Waals surface area contributed by atoms with Crippen molar-refractivity contribution in [1.29, 1.82) is 0 Å². The molecule has 2 aromatic carbocycles. The van der Waals surface area contributed by atoms with Crippen LogP contribution in [0.3, 0.4) is 0 Å². The Kier molecular flexibility index (Phi) is 5.76. The molecule has 0 bridgehead atoms. The van der Waals surface area contributed by atoms with Crippen LogP contribution in [-0.2, 0) is 17.6 Å². The maximum absolute atomic E-state index is 13.1. The summed E-state index contributed by atoms with van der Waals surface area (Å²) in [4.78, 5) is 15.4. The molecule has 1 aliphatic carbocycles. The summed E-state index contributed by atoms with van der Waals surface area (Å²) >= 11 is 6.24. The molecule has 31 heavy (non-hydrogen) atoms. The minimum absolute atomic E-state index is 0.114. The van der Waals surface area contributed by atoms with Gasteiger partial charge in [-0.25, -0.2) is 4.68 Å². The van der Waals surface area contributed by atoms with Gasteiger partial charge in [0.15, 0.2) is 5.69 Å². The number of nitrogens with one attached hydrogen (secondary N) is 1. The zero-order chi connectivity index (χ0) is 21.2. The van der Waals surface area contributed by atoms with Gasteiger partial charge in [-0.05, 0) is 42.7 Å². The molecule has 7 heteroatoms. The number of para-hydroxylation sites is 1. The monoisotopic (exact) mass is 436 g/mol. The lowest BCUT2D eigenvalue weighted by atomic mass is 9.88. The van der Waals surface area contributed by atoms with Crippen molar-refractivity contribution in [2.24, 2.45) is 0 Å². The summed E-state index contributed by atoms with van der Waals surface area (Å²) in [6, 6.07) is 15.9. The topological polar surface area (TPSA) is 59.4 Å². The van der Waals surface area contributed by atoms with Crippen molar-refractivity contribution in [3.63, 3.8) is 0 Å². The fourth-order valence-corrected chi connectivity index (χ4v) is 4.59. The second kappa shape index (κ2) is 8.83. The number of rotatable bonds is 5. The summed E-state index contributed by atoms with van der Waals surface area (Å²) in [6.07, 6.45) is 1.61. The molecule has 1 aromatic heterocycles. The van der Waals surface area contributed by atoms with E-state index in [4.69, 9.17) is 21.4 Å². The maximum Gasteiger partial charge on any atom is 0.272 e. The van der Waals surface area contributed by atoms with E-state index in [0.29, 0.717) is 12.2 Å². The number of amides is 1. The molecular formula is C24H25ClN4O2. The van der Waals surface area contributed by atoms with Crippen LogP contribution in [0.1, 0.15) is 21.6 Å². The van der Waals surface area contributed by atoms with E-state index in [2.05, 4.69) is 10.2 Å². The van der Waals surface area contributed by atoms with Crippen molar-refractivity contribution in [2.75, 3.05) is 39.4 Å². The van der Waals surface area contributed by atoms with Gasteiger partial charge in [-0.1, -0.05) is 35.9 Å².